The molecule has 7 heteroatoms. The number of aromatic nitrogens is 1. The van der Waals surface area contributed by atoms with Gasteiger partial charge in [-0.05, 0) is 63.9 Å². The fourth-order valence-corrected chi connectivity index (χ4v) is 3.09. The van der Waals surface area contributed by atoms with Gasteiger partial charge in [0, 0.05) is 49.2 Å². The first-order valence-corrected chi connectivity index (χ1v) is 10.1. The van der Waals surface area contributed by atoms with Gasteiger partial charge in [-0.2, -0.15) is 0 Å². The molecular weight excluding hydrogens is 384 g/mol. The van der Waals surface area contributed by atoms with Crippen LogP contribution >= 0.6 is 0 Å². The Labute approximate surface area is 177 Å². The summed E-state index contributed by atoms with van der Waals surface area (Å²) in [6.45, 7) is 10.2. The fourth-order valence-electron chi connectivity index (χ4n) is 3.09. The lowest BCUT2D eigenvalue weighted by molar-refractivity contribution is 0.0695. The summed E-state index contributed by atoms with van der Waals surface area (Å²) >= 11 is 0. The van der Waals surface area contributed by atoms with Gasteiger partial charge in [-0.25, -0.2) is 4.79 Å². The maximum atomic E-state index is 12.2. The summed E-state index contributed by atoms with van der Waals surface area (Å²) < 4.78 is 11.0. The van der Waals surface area contributed by atoms with E-state index in [-0.39, 0.29) is 11.1 Å². The first kappa shape index (κ1) is 23.6. The van der Waals surface area contributed by atoms with E-state index in [9.17, 15) is 9.59 Å². The van der Waals surface area contributed by atoms with Crippen molar-refractivity contribution in [2.24, 2.45) is 0 Å². The normalized spacial score (nSPS) is 11.5. The minimum atomic E-state index is -1.24. The number of pyridine rings is 1. The molecule has 0 radical (unpaired) electrons. The molecule has 0 bridgehead atoms. The minimum Gasteiger partial charge on any atom is -0.493 e. The molecule has 164 valence electrons. The van der Waals surface area contributed by atoms with E-state index in [1.807, 2.05) is 19.1 Å². The molecule has 0 spiro atoms. The molecular formula is C23H32N2O5. The second-order valence-corrected chi connectivity index (χ2v) is 8.33. The van der Waals surface area contributed by atoms with E-state index >= 15 is 0 Å². The predicted octanol–water partition coefficient (Wildman–Crippen LogP) is 3.39. The Morgan fingerprint density at radius 3 is 2.53 bits per heavy atom. The van der Waals surface area contributed by atoms with Crippen LogP contribution in [0.1, 0.15) is 48.7 Å². The van der Waals surface area contributed by atoms with Crippen molar-refractivity contribution in [3.8, 4) is 17.0 Å². The number of hydrogen-bond acceptors (Lipinski definition) is 5. The molecule has 1 aromatic heterocycles. The molecule has 1 heterocycles. The highest BCUT2D eigenvalue weighted by atomic mass is 16.5. The van der Waals surface area contributed by atoms with E-state index < -0.39 is 11.4 Å². The van der Waals surface area contributed by atoms with Crippen LogP contribution in [0.15, 0.2) is 29.2 Å². The van der Waals surface area contributed by atoms with Gasteiger partial charge in [0.25, 0.3) is 0 Å². The topological polar surface area (TPSA) is 101 Å². The lowest BCUT2D eigenvalue weighted by Gasteiger charge is -2.21. The third kappa shape index (κ3) is 6.71. The van der Waals surface area contributed by atoms with Crippen LogP contribution < -0.4 is 15.5 Å². The Balaban J connectivity index is 2.38. The van der Waals surface area contributed by atoms with E-state index in [0.717, 1.165) is 41.8 Å². The molecule has 0 aliphatic rings. The number of carboxylic acid groups (broad SMARTS) is 1. The summed E-state index contributed by atoms with van der Waals surface area (Å²) in [5.41, 5.74) is 2.60. The highest BCUT2D eigenvalue weighted by Crippen LogP contribution is 2.30. The van der Waals surface area contributed by atoms with Gasteiger partial charge in [-0.1, -0.05) is 0 Å². The molecule has 2 aromatic rings. The second-order valence-electron chi connectivity index (χ2n) is 8.33. The van der Waals surface area contributed by atoms with Crippen LogP contribution in [0.2, 0.25) is 0 Å². The molecule has 7 nitrogen and oxygen atoms in total. The van der Waals surface area contributed by atoms with Crippen molar-refractivity contribution >= 4 is 5.97 Å². The van der Waals surface area contributed by atoms with E-state index in [4.69, 9.17) is 14.6 Å². The number of aryl methyl sites for hydroxylation is 1. The van der Waals surface area contributed by atoms with Crippen LogP contribution in [0, 0.1) is 6.92 Å². The summed E-state index contributed by atoms with van der Waals surface area (Å²) in [6, 6.07) is 5.33. The Kier molecular flexibility index (Phi) is 8.20. The number of aromatic carboxylic acids is 1. The molecule has 0 amide bonds. The number of aromatic amines is 1. The Morgan fingerprint density at radius 1 is 1.20 bits per heavy atom. The van der Waals surface area contributed by atoms with Crippen molar-refractivity contribution in [2.75, 3.05) is 26.9 Å². The van der Waals surface area contributed by atoms with Crippen molar-refractivity contribution in [3.05, 3.63) is 51.3 Å². The average molecular weight is 417 g/mol. The summed E-state index contributed by atoms with van der Waals surface area (Å²) in [4.78, 5) is 26.4. The van der Waals surface area contributed by atoms with Crippen LogP contribution in [0.5, 0.6) is 5.75 Å². The number of carbonyl (C=O) groups is 1. The van der Waals surface area contributed by atoms with Crippen molar-refractivity contribution < 1.29 is 19.4 Å². The number of nitrogens with one attached hydrogen (secondary N) is 2. The van der Waals surface area contributed by atoms with Gasteiger partial charge in [0.05, 0.1) is 6.61 Å². The summed E-state index contributed by atoms with van der Waals surface area (Å²) in [6.07, 6.45) is 2.77. The molecule has 30 heavy (non-hydrogen) atoms. The van der Waals surface area contributed by atoms with Gasteiger partial charge in [-0.15, -0.1) is 0 Å². The van der Waals surface area contributed by atoms with Crippen LogP contribution in [-0.4, -0.2) is 48.5 Å². The molecule has 0 aliphatic carbocycles. The molecule has 0 aliphatic heterocycles. The standard InChI is InChI=1S/C23H32N2O5/c1-15-11-17(19-13-20(26)18(14-24-19)22(27)28)16(7-8-25-23(2,3)4)12-21(15)30-10-6-9-29-5/h11-14,25H,6-10H2,1-5H3,(H,24,26)(H,27,28). The van der Waals surface area contributed by atoms with E-state index in [2.05, 4.69) is 31.1 Å². The summed E-state index contributed by atoms with van der Waals surface area (Å²) in [7, 11) is 1.66. The summed E-state index contributed by atoms with van der Waals surface area (Å²) in [5.74, 6) is -0.446. The average Bonchev–Trinajstić information content (AvgIpc) is 2.65. The molecule has 0 saturated carbocycles. The maximum Gasteiger partial charge on any atom is 0.341 e. The Hall–Kier alpha value is -2.64. The molecule has 0 atom stereocenters. The second kappa shape index (κ2) is 10.4. The number of rotatable bonds is 10. The number of ether oxygens (including phenoxy) is 2. The predicted molar refractivity (Wildman–Crippen MR) is 118 cm³/mol. The van der Waals surface area contributed by atoms with E-state index in [1.165, 1.54) is 12.3 Å². The zero-order chi connectivity index (χ0) is 22.3. The molecule has 3 N–H and O–H groups in total. The quantitative estimate of drug-likeness (QED) is 0.513. The van der Waals surface area contributed by atoms with Crippen molar-refractivity contribution in [1.82, 2.24) is 10.3 Å². The molecule has 0 fully saturated rings. The first-order chi connectivity index (χ1) is 14.1. The Morgan fingerprint density at radius 2 is 1.93 bits per heavy atom. The minimum absolute atomic E-state index is 0.0121. The number of methoxy groups -OCH3 is 1. The fraction of sp³-hybridized carbons (Fsp3) is 0.478. The van der Waals surface area contributed by atoms with Gasteiger partial charge in [0.15, 0.2) is 5.43 Å². The zero-order valence-electron chi connectivity index (χ0n) is 18.4. The molecule has 0 unspecified atom stereocenters. The lowest BCUT2D eigenvalue weighted by atomic mass is 9.97. The van der Waals surface area contributed by atoms with Gasteiger partial charge in [-0.3, -0.25) is 4.79 Å². The monoisotopic (exact) mass is 416 g/mol. The zero-order valence-corrected chi connectivity index (χ0v) is 18.4. The third-order valence-electron chi connectivity index (χ3n) is 4.63. The van der Waals surface area contributed by atoms with Crippen molar-refractivity contribution in [1.29, 1.82) is 0 Å². The molecule has 2 rings (SSSR count). The highest BCUT2D eigenvalue weighted by Gasteiger charge is 2.15. The highest BCUT2D eigenvalue weighted by molar-refractivity contribution is 5.87. The Bertz CT molecular complexity index is 928. The van der Waals surface area contributed by atoms with Crippen LogP contribution in [0.3, 0.4) is 0 Å². The van der Waals surface area contributed by atoms with E-state index in [0.29, 0.717) is 18.9 Å². The number of carboxylic acids is 1. The number of H-pyrrole nitrogens is 1. The SMILES string of the molecule is COCCCOc1cc(CCNC(C)(C)C)c(-c2cc(=O)c(C(=O)O)c[nH]2)cc1C. The van der Waals surface area contributed by atoms with Crippen LogP contribution in [-0.2, 0) is 11.2 Å². The number of benzene rings is 1. The van der Waals surface area contributed by atoms with Crippen molar-refractivity contribution in [2.45, 2.75) is 46.1 Å². The maximum absolute atomic E-state index is 12.2. The number of hydrogen-bond donors (Lipinski definition) is 3. The van der Waals surface area contributed by atoms with Crippen LogP contribution in [0.25, 0.3) is 11.3 Å². The van der Waals surface area contributed by atoms with Crippen LogP contribution in [0.4, 0.5) is 0 Å². The largest absolute Gasteiger partial charge is 0.493 e. The lowest BCUT2D eigenvalue weighted by Crippen LogP contribution is -2.37. The smallest absolute Gasteiger partial charge is 0.341 e. The van der Waals surface area contributed by atoms with Gasteiger partial charge in [0.2, 0.25) is 0 Å². The van der Waals surface area contributed by atoms with Gasteiger partial charge in [0.1, 0.15) is 11.3 Å². The third-order valence-corrected chi connectivity index (χ3v) is 4.63. The summed E-state index contributed by atoms with van der Waals surface area (Å²) in [5, 5.41) is 12.6. The van der Waals surface area contributed by atoms with Gasteiger partial charge >= 0.3 is 5.97 Å². The first-order valence-electron chi connectivity index (χ1n) is 10.1. The van der Waals surface area contributed by atoms with E-state index in [1.54, 1.807) is 7.11 Å². The molecule has 1 aromatic carbocycles. The molecule has 0 saturated heterocycles. The van der Waals surface area contributed by atoms with Crippen molar-refractivity contribution in [3.63, 3.8) is 0 Å². The van der Waals surface area contributed by atoms with Gasteiger partial charge < -0.3 is 24.9 Å².